The van der Waals surface area contributed by atoms with Crippen LogP contribution in [0.2, 0.25) is 0 Å². The Morgan fingerprint density at radius 3 is 2.10 bits per heavy atom. The minimum Gasteiger partial charge on any atom is -0.324 e. The SMILES string of the molecule is NC(CC(=O)NS(=O)(=O)c1ccccc1)c1ccccc1. The van der Waals surface area contributed by atoms with Gasteiger partial charge in [-0.15, -0.1) is 0 Å². The van der Waals surface area contributed by atoms with Crippen LogP contribution in [0.5, 0.6) is 0 Å². The number of nitrogens with two attached hydrogens (primary N) is 1. The van der Waals surface area contributed by atoms with Gasteiger partial charge in [-0.1, -0.05) is 48.5 Å². The van der Waals surface area contributed by atoms with E-state index in [0.717, 1.165) is 5.56 Å². The summed E-state index contributed by atoms with van der Waals surface area (Å²) in [5.41, 5.74) is 6.68. The van der Waals surface area contributed by atoms with E-state index < -0.39 is 22.0 Å². The first kappa shape index (κ1) is 15.2. The predicted molar refractivity (Wildman–Crippen MR) is 79.8 cm³/mol. The number of carbonyl (C=O) groups is 1. The van der Waals surface area contributed by atoms with Crippen LogP contribution in [0.25, 0.3) is 0 Å². The van der Waals surface area contributed by atoms with Crippen molar-refractivity contribution in [2.45, 2.75) is 17.4 Å². The number of sulfonamides is 1. The van der Waals surface area contributed by atoms with E-state index in [-0.39, 0.29) is 11.3 Å². The number of hydrogen-bond acceptors (Lipinski definition) is 4. The fourth-order valence-electron chi connectivity index (χ4n) is 1.87. The molecule has 110 valence electrons. The Bertz CT molecular complexity index is 700. The summed E-state index contributed by atoms with van der Waals surface area (Å²) in [5, 5.41) is 0. The van der Waals surface area contributed by atoms with E-state index in [2.05, 4.69) is 0 Å². The van der Waals surface area contributed by atoms with E-state index in [4.69, 9.17) is 5.73 Å². The average molecular weight is 304 g/mol. The zero-order valence-electron chi connectivity index (χ0n) is 11.3. The number of amides is 1. The summed E-state index contributed by atoms with van der Waals surface area (Å²) in [6, 6.07) is 16.2. The second-order valence-corrected chi connectivity index (χ2v) is 6.25. The highest BCUT2D eigenvalue weighted by atomic mass is 32.2. The Labute approximate surface area is 123 Å². The molecular weight excluding hydrogens is 288 g/mol. The number of hydrogen-bond donors (Lipinski definition) is 2. The minimum atomic E-state index is -3.84. The molecule has 0 heterocycles. The lowest BCUT2D eigenvalue weighted by molar-refractivity contribution is -0.119. The number of rotatable bonds is 5. The van der Waals surface area contributed by atoms with Gasteiger partial charge in [-0.25, -0.2) is 13.1 Å². The van der Waals surface area contributed by atoms with Gasteiger partial charge in [0.2, 0.25) is 5.91 Å². The van der Waals surface area contributed by atoms with Gasteiger partial charge in [0.15, 0.2) is 0 Å². The normalized spacial score (nSPS) is 12.6. The first-order valence-corrected chi connectivity index (χ1v) is 7.88. The Morgan fingerprint density at radius 1 is 1.00 bits per heavy atom. The molecule has 0 spiro atoms. The summed E-state index contributed by atoms with van der Waals surface area (Å²) in [6.07, 6.45) is -0.101. The quantitative estimate of drug-likeness (QED) is 0.877. The lowest BCUT2D eigenvalue weighted by atomic mass is 10.1. The molecule has 5 nitrogen and oxygen atoms in total. The molecule has 0 aliphatic carbocycles. The molecule has 0 aromatic heterocycles. The Hall–Kier alpha value is -2.18. The summed E-state index contributed by atoms with van der Waals surface area (Å²) < 4.78 is 26.0. The van der Waals surface area contributed by atoms with E-state index in [1.54, 1.807) is 30.3 Å². The summed E-state index contributed by atoms with van der Waals surface area (Å²) in [6.45, 7) is 0. The van der Waals surface area contributed by atoms with Gasteiger partial charge in [0.1, 0.15) is 0 Å². The molecule has 1 amide bonds. The molecule has 0 saturated heterocycles. The van der Waals surface area contributed by atoms with Gasteiger partial charge in [-0.2, -0.15) is 0 Å². The van der Waals surface area contributed by atoms with E-state index >= 15 is 0 Å². The lowest BCUT2D eigenvalue weighted by Crippen LogP contribution is -2.32. The zero-order valence-corrected chi connectivity index (χ0v) is 12.1. The van der Waals surface area contributed by atoms with Crippen molar-refractivity contribution >= 4 is 15.9 Å². The highest BCUT2D eigenvalue weighted by molar-refractivity contribution is 7.90. The van der Waals surface area contributed by atoms with Gasteiger partial charge in [0, 0.05) is 12.5 Å². The van der Waals surface area contributed by atoms with Crippen molar-refractivity contribution in [2.75, 3.05) is 0 Å². The molecule has 0 saturated carbocycles. The van der Waals surface area contributed by atoms with Gasteiger partial charge in [0.05, 0.1) is 4.90 Å². The third-order valence-electron chi connectivity index (χ3n) is 2.93. The Morgan fingerprint density at radius 2 is 1.52 bits per heavy atom. The van der Waals surface area contributed by atoms with Crippen LogP contribution in [0.1, 0.15) is 18.0 Å². The fraction of sp³-hybridized carbons (Fsp3) is 0.133. The van der Waals surface area contributed by atoms with Crippen LogP contribution in [0.4, 0.5) is 0 Å². The molecule has 1 unspecified atom stereocenters. The van der Waals surface area contributed by atoms with Crippen LogP contribution in [-0.4, -0.2) is 14.3 Å². The van der Waals surface area contributed by atoms with Gasteiger partial charge >= 0.3 is 0 Å². The van der Waals surface area contributed by atoms with E-state index in [1.165, 1.54) is 12.1 Å². The molecule has 21 heavy (non-hydrogen) atoms. The van der Waals surface area contributed by atoms with Crippen molar-refractivity contribution in [3.8, 4) is 0 Å². The highest BCUT2D eigenvalue weighted by Crippen LogP contribution is 2.14. The number of nitrogens with one attached hydrogen (secondary N) is 1. The minimum absolute atomic E-state index is 0.0478. The molecule has 0 radical (unpaired) electrons. The van der Waals surface area contributed by atoms with Gasteiger partial charge in [-0.05, 0) is 17.7 Å². The topological polar surface area (TPSA) is 89.3 Å². The standard InChI is InChI=1S/C15H16N2O3S/c16-14(12-7-3-1-4-8-12)11-15(18)17-21(19,20)13-9-5-2-6-10-13/h1-10,14H,11,16H2,(H,17,18). The third-order valence-corrected chi connectivity index (χ3v) is 4.32. The maximum Gasteiger partial charge on any atom is 0.264 e. The van der Waals surface area contributed by atoms with Crippen LogP contribution in [0.15, 0.2) is 65.6 Å². The van der Waals surface area contributed by atoms with Gasteiger partial charge in [0.25, 0.3) is 10.0 Å². The molecule has 1 atom stereocenters. The molecule has 2 rings (SSSR count). The highest BCUT2D eigenvalue weighted by Gasteiger charge is 2.19. The largest absolute Gasteiger partial charge is 0.324 e. The Balaban J connectivity index is 2.02. The first-order chi connectivity index (χ1) is 9.99. The molecule has 2 aromatic carbocycles. The molecule has 0 aliphatic rings. The third kappa shape index (κ3) is 4.14. The summed E-state index contributed by atoms with van der Waals surface area (Å²) >= 11 is 0. The molecule has 6 heteroatoms. The van der Waals surface area contributed by atoms with E-state index in [1.807, 2.05) is 22.9 Å². The molecule has 3 N–H and O–H groups in total. The number of carbonyl (C=O) groups excluding carboxylic acids is 1. The van der Waals surface area contributed by atoms with Crippen molar-refractivity contribution in [1.29, 1.82) is 0 Å². The second kappa shape index (κ2) is 6.51. The smallest absolute Gasteiger partial charge is 0.264 e. The van der Waals surface area contributed by atoms with E-state index in [9.17, 15) is 13.2 Å². The summed E-state index contributed by atoms with van der Waals surface area (Å²) in [7, 11) is -3.84. The molecule has 0 fully saturated rings. The van der Waals surface area contributed by atoms with Crippen LogP contribution >= 0.6 is 0 Å². The van der Waals surface area contributed by atoms with Gasteiger partial charge in [-0.3, -0.25) is 4.79 Å². The maximum absolute atomic E-state index is 12.0. The van der Waals surface area contributed by atoms with Crippen molar-refractivity contribution in [3.05, 3.63) is 66.2 Å². The molecule has 0 bridgehead atoms. The summed E-state index contributed by atoms with van der Waals surface area (Å²) in [5.74, 6) is -0.629. The lowest BCUT2D eigenvalue weighted by Gasteiger charge is -2.12. The monoisotopic (exact) mass is 304 g/mol. The zero-order chi connectivity index (χ0) is 15.3. The molecule has 2 aromatic rings. The predicted octanol–water partition coefficient (Wildman–Crippen LogP) is 1.58. The van der Waals surface area contributed by atoms with E-state index in [0.29, 0.717) is 0 Å². The molecular formula is C15H16N2O3S. The maximum atomic E-state index is 12.0. The van der Waals surface area contributed by atoms with Crippen molar-refractivity contribution in [3.63, 3.8) is 0 Å². The fourth-order valence-corrected chi connectivity index (χ4v) is 2.88. The first-order valence-electron chi connectivity index (χ1n) is 6.40. The molecule has 0 aliphatic heterocycles. The van der Waals surface area contributed by atoms with Crippen LogP contribution in [0, 0.1) is 0 Å². The van der Waals surface area contributed by atoms with Gasteiger partial charge < -0.3 is 5.73 Å². The van der Waals surface area contributed by atoms with Crippen molar-refractivity contribution in [2.24, 2.45) is 5.73 Å². The van der Waals surface area contributed by atoms with Crippen molar-refractivity contribution in [1.82, 2.24) is 4.72 Å². The van der Waals surface area contributed by atoms with Crippen LogP contribution in [0.3, 0.4) is 0 Å². The average Bonchev–Trinajstić information content (AvgIpc) is 2.48. The number of benzene rings is 2. The van der Waals surface area contributed by atoms with Crippen molar-refractivity contribution < 1.29 is 13.2 Å². The Kier molecular flexibility index (Phi) is 4.72. The van der Waals surface area contributed by atoms with Crippen LogP contribution < -0.4 is 10.5 Å². The summed E-state index contributed by atoms with van der Waals surface area (Å²) in [4.78, 5) is 11.9. The second-order valence-electron chi connectivity index (χ2n) is 4.56. The van der Waals surface area contributed by atoms with Crippen LogP contribution in [-0.2, 0) is 14.8 Å².